The minimum Gasteiger partial charge on any atom is -0.467 e. The highest BCUT2D eigenvalue weighted by Crippen LogP contribution is 2.11. The number of nitrogens with one attached hydrogen (secondary N) is 1. The lowest BCUT2D eigenvalue weighted by Gasteiger charge is -2.16. The molecule has 2 atom stereocenters. The molecule has 0 saturated heterocycles. The Morgan fingerprint density at radius 1 is 1.29 bits per heavy atom. The monoisotopic (exact) mass is 265 g/mol. The largest absolute Gasteiger partial charge is 0.467 e. The fourth-order valence-corrected chi connectivity index (χ4v) is 0.964. The van der Waals surface area contributed by atoms with Crippen molar-refractivity contribution in [3.63, 3.8) is 0 Å². The first-order valence-corrected chi connectivity index (χ1v) is 5.34. The van der Waals surface area contributed by atoms with Crippen molar-refractivity contribution in [1.29, 1.82) is 0 Å². The molecule has 0 heterocycles. The summed E-state index contributed by atoms with van der Waals surface area (Å²) in [7, 11) is 1.29. The van der Waals surface area contributed by atoms with E-state index in [1.54, 1.807) is 6.92 Å². The van der Waals surface area contributed by atoms with Crippen molar-refractivity contribution in [3.05, 3.63) is 0 Å². The Morgan fingerprint density at radius 2 is 1.79 bits per heavy atom. The highest BCUT2D eigenvalue weighted by Gasteiger charge is 2.22. The highest BCUT2D eigenvalue weighted by molar-refractivity contribution is 9.10. The summed E-state index contributed by atoms with van der Waals surface area (Å²) >= 11 is 3.24. The molecule has 0 bridgehead atoms. The quantitative estimate of drug-likeness (QED) is 0.612. The molecular weight excluding hydrogens is 250 g/mol. The van der Waals surface area contributed by atoms with Gasteiger partial charge in [-0.25, -0.2) is 4.79 Å². The molecule has 82 valence electrons. The van der Waals surface area contributed by atoms with Crippen LogP contribution in [0.5, 0.6) is 0 Å². The van der Waals surface area contributed by atoms with Crippen LogP contribution in [0.15, 0.2) is 0 Å². The van der Waals surface area contributed by atoms with Crippen LogP contribution in [0.4, 0.5) is 0 Å². The molecule has 0 rings (SSSR count). The molecule has 1 N–H and O–H groups in total. The van der Waals surface area contributed by atoms with Gasteiger partial charge in [0, 0.05) is 0 Å². The van der Waals surface area contributed by atoms with Crippen LogP contribution in [0, 0.1) is 5.92 Å². The van der Waals surface area contributed by atoms with Gasteiger partial charge in [-0.05, 0) is 12.8 Å². The van der Waals surface area contributed by atoms with Crippen LogP contribution in [-0.4, -0.2) is 29.9 Å². The lowest BCUT2D eigenvalue weighted by Crippen LogP contribution is -2.43. The number of carbonyl (C=O) groups excluding carboxylic acids is 2. The molecule has 1 amide bonds. The van der Waals surface area contributed by atoms with Gasteiger partial charge in [-0.3, -0.25) is 4.79 Å². The van der Waals surface area contributed by atoms with E-state index in [0.29, 0.717) is 0 Å². The van der Waals surface area contributed by atoms with Gasteiger partial charge in [-0.1, -0.05) is 29.8 Å². The summed E-state index contributed by atoms with van der Waals surface area (Å²) in [6, 6.07) is -0.605. The molecule has 0 aromatic heterocycles. The number of halogens is 1. The van der Waals surface area contributed by atoms with E-state index in [1.807, 2.05) is 13.8 Å². The molecule has 0 aromatic rings. The number of ether oxygens (including phenoxy) is 1. The second kappa shape index (κ2) is 6.01. The summed E-state index contributed by atoms with van der Waals surface area (Å²) in [6.07, 6.45) is 0. The van der Waals surface area contributed by atoms with E-state index in [0.717, 1.165) is 0 Å². The van der Waals surface area contributed by atoms with E-state index >= 15 is 0 Å². The smallest absolute Gasteiger partial charge is 0.328 e. The van der Waals surface area contributed by atoms with Gasteiger partial charge in [0.05, 0.1) is 11.9 Å². The second-order valence-electron chi connectivity index (χ2n) is 3.40. The van der Waals surface area contributed by atoms with Gasteiger partial charge in [-0.2, -0.15) is 0 Å². The molecule has 0 radical (unpaired) electrons. The maximum absolute atomic E-state index is 11.4. The number of rotatable bonds is 4. The highest BCUT2D eigenvalue weighted by atomic mass is 79.9. The maximum atomic E-state index is 11.4. The van der Waals surface area contributed by atoms with Crippen LogP contribution in [0.2, 0.25) is 0 Å². The maximum Gasteiger partial charge on any atom is 0.328 e. The summed E-state index contributed by atoms with van der Waals surface area (Å²) in [5.41, 5.74) is 0. The number of methoxy groups -OCH3 is 1. The summed E-state index contributed by atoms with van der Waals surface area (Å²) in [5, 5.41) is 2.55. The van der Waals surface area contributed by atoms with Gasteiger partial charge in [0.2, 0.25) is 5.91 Å². The molecule has 4 nitrogen and oxygen atoms in total. The van der Waals surface area contributed by atoms with Crippen LogP contribution in [0.25, 0.3) is 0 Å². The van der Waals surface area contributed by atoms with Crippen molar-refractivity contribution in [2.45, 2.75) is 31.6 Å². The summed E-state index contributed by atoms with van der Waals surface area (Å²) in [6.45, 7) is 5.42. The molecule has 0 spiro atoms. The van der Waals surface area contributed by atoms with Crippen molar-refractivity contribution < 1.29 is 14.3 Å². The topological polar surface area (TPSA) is 55.4 Å². The Hall–Kier alpha value is -0.580. The van der Waals surface area contributed by atoms with Gasteiger partial charge in [0.1, 0.15) is 6.04 Å². The Bertz CT molecular complexity index is 218. The molecule has 0 aliphatic heterocycles. The van der Waals surface area contributed by atoms with Gasteiger partial charge < -0.3 is 10.1 Å². The third-order valence-electron chi connectivity index (χ3n) is 1.75. The Balaban J connectivity index is 4.12. The van der Waals surface area contributed by atoms with E-state index in [-0.39, 0.29) is 16.7 Å². The predicted octanol–water partition coefficient (Wildman–Crippen LogP) is 1.08. The van der Waals surface area contributed by atoms with Crippen LogP contribution < -0.4 is 5.32 Å². The van der Waals surface area contributed by atoms with Crippen LogP contribution in [0.1, 0.15) is 20.8 Å². The van der Waals surface area contributed by atoms with E-state index in [2.05, 4.69) is 26.0 Å². The van der Waals surface area contributed by atoms with Crippen molar-refractivity contribution in [2.75, 3.05) is 7.11 Å². The summed E-state index contributed by atoms with van der Waals surface area (Å²) < 4.78 is 4.48. The molecule has 14 heavy (non-hydrogen) atoms. The first kappa shape index (κ1) is 13.4. The van der Waals surface area contributed by atoms with Crippen molar-refractivity contribution in [2.24, 2.45) is 5.92 Å². The SMILES string of the molecule is COC(=O)[C@H](C)NC(=O)C(Br)C(C)C. The molecule has 5 heteroatoms. The van der Waals surface area contributed by atoms with Crippen molar-refractivity contribution in [1.82, 2.24) is 5.32 Å². The van der Waals surface area contributed by atoms with E-state index in [4.69, 9.17) is 0 Å². The zero-order valence-electron chi connectivity index (χ0n) is 8.83. The molecular formula is C9H16BrNO3. The summed E-state index contributed by atoms with van der Waals surface area (Å²) in [4.78, 5) is 22.2. The minimum atomic E-state index is -0.605. The number of alkyl halides is 1. The average Bonchev–Trinajstić information content (AvgIpc) is 2.14. The number of hydrogen-bond acceptors (Lipinski definition) is 3. The Kier molecular flexibility index (Phi) is 5.76. The first-order chi connectivity index (χ1) is 6.40. The van der Waals surface area contributed by atoms with Crippen LogP contribution in [0.3, 0.4) is 0 Å². The fourth-order valence-electron chi connectivity index (χ4n) is 0.831. The molecule has 1 unspecified atom stereocenters. The second-order valence-corrected chi connectivity index (χ2v) is 4.39. The molecule has 0 aliphatic rings. The fraction of sp³-hybridized carbons (Fsp3) is 0.778. The van der Waals surface area contributed by atoms with E-state index in [9.17, 15) is 9.59 Å². The average molecular weight is 266 g/mol. The molecule has 0 saturated carbocycles. The van der Waals surface area contributed by atoms with Gasteiger partial charge >= 0.3 is 5.97 Å². The van der Waals surface area contributed by atoms with Crippen LogP contribution >= 0.6 is 15.9 Å². The normalized spacial score (nSPS) is 14.7. The zero-order chi connectivity index (χ0) is 11.3. The molecule has 0 aliphatic carbocycles. The lowest BCUT2D eigenvalue weighted by atomic mass is 10.1. The lowest BCUT2D eigenvalue weighted by molar-refractivity contribution is -0.144. The third kappa shape index (κ3) is 4.09. The van der Waals surface area contributed by atoms with Crippen molar-refractivity contribution >= 4 is 27.8 Å². The third-order valence-corrected chi connectivity index (χ3v) is 3.22. The van der Waals surface area contributed by atoms with Gasteiger partial charge in [0.25, 0.3) is 0 Å². The number of carbonyl (C=O) groups is 2. The standard InChI is InChI=1S/C9H16BrNO3/c1-5(2)7(10)8(12)11-6(3)9(13)14-4/h5-7H,1-4H3,(H,11,12)/t6-,7?/m0/s1. The Morgan fingerprint density at radius 3 is 2.14 bits per heavy atom. The van der Waals surface area contributed by atoms with E-state index < -0.39 is 12.0 Å². The minimum absolute atomic E-state index is 0.180. The predicted molar refractivity (Wildman–Crippen MR) is 57.2 cm³/mol. The molecule has 0 fully saturated rings. The number of amides is 1. The zero-order valence-corrected chi connectivity index (χ0v) is 10.4. The Labute approximate surface area is 92.5 Å². The number of esters is 1. The molecule has 0 aromatic carbocycles. The van der Waals surface area contributed by atoms with Crippen LogP contribution in [-0.2, 0) is 14.3 Å². The number of hydrogen-bond donors (Lipinski definition) is 1. The van der Waals surface area contributed by atoms with E-state index in [1.165, 1.54) is 7.11 Å². The van der Waals surface area contributed by atoms with Gasteiger partial charge in [0.15, 0.2) is 0 Å². The van der Waals surface area contributed by atoms with Crippen molar-refractivity contribution in [3.8, 4) is 0 Å². The summed E-state index contributed by atoms with van der Waals surface area (Å²) in [5.74, 6) is -0.459. The van der Waals surface area contributed by atoms with Gasteiger partial charge in [-0.15, -0.1) is 0 Å². The first-order valence-electron chi connectivity index (χ1n) is 4.42.